The maximum absolute atomic E-state index is 13.8. The van der Waals surface area contributed by atoms with E-state index in [0.29, 0.717) is 5.57 Å². The number of hydrogen-bond acceptors (Lipinski definition) is 10. The Hall–Kier alpha value is -4.68. The van der Waals surface area contributed by atoms with Gasteiger partial charge in [0.1, 0.15) is 22.2 Å². The molecule has 1 aromatic carbocycles. The Labute approximate surface area is 301 Å². The van der Waals surface area contributed by atoms with Gasteiger partial charge in [0.15, 0.2) is 11.6 Å². The van der Waals surface area contributed by atoms with Gasteiger partial charge < -0.3 is 30.8 Å². The number of benzene rings is 1. The first-order valence-corrected chi connectivity index (χ1v) is 16.8. The fraction of sp³-hybridized carbons (Fsp3) is 0.359. The van der Waals surface area contributed by atoms with Gasteiger partial charge in [-0.3, -0.25) is 24.0 Å². The van der Waals surface area contributed by atoms with Crippen LogP contribution < -0.4 is 5.32 Å². The van der Waals surface area contributed by atoms with Gasteiger partial charge in [-0.05, 0) is 38.3 Å². The van der Waals surface area contributed by atoms with Crippen LogP contribution in [0.4, 0.5) is 0 Å². The summed E-state index contributed by atoms with van der Waals surface area (Å²) in [4.78, 5) is 66.3. The van der Waals surface area contributed by atoms with Crippen molar-refractivity contribution in [1.29, 1.82) is 0 Å². The lowest BCUT2D eigenvalue weighted by Crippen LogP contribution is -2.33. The molecule has 6 N–H and O–H groups in total. The molecule has 1 aromatic rings. The van der Waals surface area contributed by atoms with E-state index in [1.54, 1.807) is 58.1 Å². The Morgan fingerprint density at radius 3 is 1.96 bits per heavy atom. The lowest BCUT2D eigenvalue weighted by Gasteiger charge is -2.24. The van der Waals surface area contributed by atoms with Gasteiger partial charge in [-0.2, -0.15) is 0 Å². The molecule has 1 amide bonds. The Morgan fingerprint density at radius 1 is 0.706 bits per heavy atom. The summed E-state index contributed by atoms with van der Waals surface area (Å²) in [5, 5.41) is 55.4. The van der Waals surface area contributed by atoms with Crippen molar-refractivity contribution in [3.8, 4) is 11.5 Å². The van der Waals surface area contributed by atoms with E-state index in [1.807, 2.05) is 0 Å². The SMILES string of the molecule is C/C1=C\C[C@@H](O)/C=C/[C@H](C)[C@H](O)[C@@H](C)/C=C(\C)C(=O)c2c(O)c(C)c(O)c3c2C(=O)C(Cl)=C(NC(=O)\C=C/C=C/C=C\[C@H](C)[C@@H](O)CC1=O)C3=O. The zero-order valence-electron chi connectivity index (χ0n) is 29.3. The number of nitrogens with one attached hydrogen (secondary N) is 1. The van der Waals surface area contributed by atoms with Crippen molar-refractivity contribution >= 4 is 40.6 Å². The Morgan fingerprint density at radius 2 is 1.31 bits per heavy atom. The van der Waals surface area contributed by atoms with Crippen molar-refractivity contribution in [3.05, 3.63) is 105 Å². The molecule has 0 radical (unpaired) electrons. The molecule has 1 aliphatic carbocycles. The van der Waals surface area contributed by atoms with Gasteiger partial charge in [-0.1, -0.05) is 87.1 Å². The number of phenols is 2. The third-order valence-corrected chi connectivity index (χ3v) is 9.31. The first kappa shape index (κ1) is 40.7. The lowest BCUT2D eigenvalue weighted by molar-refractivity contribution is -0.118. The second-order valence-electron chi connectivity index (χ2n) is 12.9. The minimum Gasteiger partial charge on any atom is -0.507 e. The van der Waals surface area contributed by atoms with Gasteiger partial charge in [0.2, 0.25) is 17.5 Å². The average molecular weight is 722 g/mol. The van der Waals surface area contributed by atoms with Crippen LogP contribution in [-0.4, -0.2) is 72.9 Å². The third-order valence-electron chi connectivity index (χ3n) is 8.95. The zero-order chi connectivity index (χ0) is 38.3. The van der Waals surface area contributed by atoms with Crippen LogP contribution in [0, 0.1) is 24.7 Å². The summed E-state index contributed by atoms with van der Waals surface area (Å²) in [6.07, 6.45) is 11.8. The lowest BCUT2D eigenvalue weighted by atomic mass is 9.82. The minimum atomic E-state index is -1.09. The van der Waals surface area contributed by atoms with Crippen LogP contribution in [0.15, 0.2) is 82.6 Å². The predicted octanol–water partition coefficient (Wildman–Crippen LogP) is 5.01. The standard InChI is InChI=1S/C39H44ClNO10/c1-19-11-9-7-8-10-12-28(45)41-33-32(40)38(50)29-30(36(48)24(6)37(49)31(29)39(33)51)35(47)23(5)17-22(4)34(46)21(3)14-16-25(42)15-13-20(2)27(44)18-26(19)43/h7-14,16-17,19,21-22,25-26,34,42-43,46,48-49H,15,18H2,1-6H3,(H,41,45)/b8-7+,11-9-,12-10-,16-14+,20-13+,23-17+/t19-,21-,22-,25+,26-,34-/m0/s1. The van der Waals surface area contributed by atoms with Gasteiger partial charge in [-0.15, -0.1) is 0 Å². The van der Waals surface area contributed by atoms with Crippen molar-refractivity contribution < 1.29 is 49.5 Å². The molecule has 0 unspecified atom stereocenters. The Kier molecular flexibility index (Phi) is 14.0. The molecule has 0 aromatic heterocycles. The van der Waals surface area contributed by atoms with Crippen molar-refractivity contribution in [3.63, 3.8) is 0 Å². The van der Waals surface area contributed by atoms with E-state index < -0.39 is 98.2 Å². The third kappa shape index (κ3) is 9.56. The van der Waals surface area contributed by atoms with Crippen LogP contribution in [0.3, 0.4) is 0 Å². The van der Waals surface area contributed by atoms with Gasteiger partial charge in [0.05, 0.1) is 35.0 Å². The number of carbonyl (C=O) groups excluding carboxylic acids is 5. The summed E-state index contributed by atoms with van der Waals surface area (Å²) in [6, 6.07) is 0. The number of aromatic hydroxyl groups is 2. The highest BCUT2D eigenvalue weighted by molar-refractivity contribution is 6.51. The molecule has 0 spiro atoms. The highest BCUT2D eigenvalue weighted by Crippen LogP contribution is 2.43. The van der Waals surface area contributed by atoms with Crippen molar-refractivity contribution in [1.82, 2.24) is 5.32 Å². The maximum atomic E-state index is 13.8. The number of halogens is 1. The number of rotatable bonds is 0. The molecular formula is C39H44ClNO10. The van der Waals surface area contributed by atoms with Crippen molar-refractivity contribution in [2.45, 2.75) is 72.7 Å². The number of amides is 1. The second kappa shape index (κ2) is 17.5. The molecule has 0 saturated carbocycles. The number of Topliss-reactive ketones (excluding diaryl/α,β-unsaturated/α-hetero) is 4. The quantitative estimate of drug-likeness (QED) is 0.198. The molecule has 12 heteroatoms. The first-order chi connectivity index (χ1) is 23.9. The molecule has 2 heterocycles. The summed E-state index contributed by atoms with van der Waals surface area (Å²) in [6.45, 7) is 9.31. The number of allylic oxidation sites excluding steroid dienone is 8. The minimum absolute atomic E-state index is 0.00147. The van der Waals surface area contributed by atoms with E-state index in [-0.39, 0.29) is 29.8 Å². The van der Waals surface area contributed by atoms with Gasteiger partial charge in [-0.25, -0.2) is 0 Å². The summed E-state index contributed by atoms with van der Waals surface area (Å²) in [5.41, 5.74) is -2.31. The summed E-state index contributed by atoms with van der Waals surface area (Å²) in [7, 11) is 0. The van der Waals surface area contributed by atoms with Crippen LogP contribution in [0.5, 0.6) is 11.5 Å². The van der Waals surface area contributed by atoms with Gasteiger partial charge >= 0.3 is 0 Å². The second-order valence-corrected chi connectivity index (χ2v) is 13.3. The molecule has 4 rings (SSSR count). The highest BCUT2D eigenvalue weighted by atomic mass is 35.5. The normalized spacial score (nSPS) is 31.0. The fourth-order valence-corrected chi connectivity index (χ4v) is 5.80. The number of aliphatic hydroxyl groups is 3. The molecule has 11 nitrogen and oxygen atoms in total. The van der Waals surface area contributed by atoms with Crippen LogP contribution in [0.2, 0.25) is 0 Å². The number of ketones is 4. The highest BCUT2D eigenvalue weighted by Gasteiger charge is 2.40. The summed E-state index contributed by atoms with van der Waals surface area (Å²) >= 11 is 6.28. The molecule has 272 valence electrons. The zero-order valence-corrected chi connectivity index (χ0v) is 30.1. The monoisotopic (exact) mass is 721 g/mol. The van der Waals surface area contributed by atoms with Gasteiger partial charge in [0, 0.05) is 35.8 Å². The molecule has 4 bridgehead atoms. The van der Waals surface area contributed by atoms with E-state index in [2.05, 4.69) is 5.32 Å². The van der Waals surface area contributed by atoms with Crippen molar-refractivity contribution in [2.75, 3.05) is 0 Å². The summed E-state index contributed by atoms with van der Waals surface area (Å²) < 4.78 is 0. The smallest absolute Gasteiger partial charge is 0.248 e. The van der Waals surface area contributed by atoms with Crippen molar-refractivity contribution in [2.24, 2.45) is 17.8 Å². The maximum Gasteiger partial charge on any atom is 0.248 e. The number of fused-ring (bicyclic) bond motifs is 18. The predicted molar refractivity (Wildman–Crippen MR) is 192 cm³/mol. The molecule has 0 fully saturated rings. The van der Waals surface area contributed by atoms with E-state index >= 15 is 0 Å². The van der Waals surface area contributed by atoms with E-state index in [9.17, 15) is 49.5 Å². The average Bonchev–Trinajstić information content (AvgIpc) is 3.09. The largest absolute Gasteiger partial charge is 0.507 e. The molecular weight excluding hydrogens is 678 g/mol. The Bertz CT molecular complexity index is 1830. The number of aliphatic hydroxyl groups excluding tert-OH is 3. The Balaban J connectivity index is 2.09. The van der Waals surface area contributed by atoms with Crippen LogP contribution in [0.25, 0.3) is 0 Å². The molecule has 2 aliphatic heterocycles. The van der Waals surface area contributed by atoms with E-state index in [0.717, 1.165) is 6.08 Å². The molecule has 0 saturated heterocycles. The van der Waals surface area contributed by atoms with E-state index in [1.165, 1.54) is 38.2 Å². The number of hydrogen-bond donors (Lipinski definition) is 6. The van der Waals surface area contributed by atoms with E-state index in [4.69, 9.17) is 11.6 Å². The number of phenolic OH excluding ortho intramolecular Hbond substituents is 2. The number of carbonyl (C=O) groups is 5. The first-order valence-electron chi connectivity index (χ1n) is 16.4. The van der Waals surface area contributed by atoms with Crippen LogP contribution in [-0.2, 0) is 9.59 Å². The topological polar surface area (TPSA) is 199 Å². The van der Waals surface area contributed by atoms with Gasteiger partial charge in [0.25, 0.3) is 0 Å². The molecule has 6 atom stereocenters. The van der Waals surface area contributed by atoms with Crippen LogP contribution >= 0.6 is 11.6 Å². The van der Waals surface area contributed by atoms with Crippen LogP contribution in [0.1, 0.15) is 84.1 Å². The molecule has 51 heavy (non-hydrogen) atoms. The summed E-state index contributed by atoms with van der Waals surface area (Å²) in [5.74, 6) is -7.22. The molecule has 3 aliphatic rings. The fourth-order valence-electron chi connectivity index (χ4n) is 5.57.